The summed E-state index contributed by atoms with van der Waals surface area (Å²) in [5.74, 6) is -0.143. The highest BCUT2D eigenvalue weighted by Gasteiger charge is 2.17. The molecule has 1 amide bonds. The number of hydrogen-bond acceptors (Lipinski definition) is 2. The number of halogens is 1. The highest BCUT2D eigenvalue weighted by Crippen LogP contribution is 2.17. The summed E-state index contributed by atoms with van der Waals surface area (Å²) in [5.41, 5.74) is 0.905. The Morgan fingerprint density at radius 3 is 2.76 bits per heavy atom. The Bertz CT molecular complexity index is 458. The summed E-state index contributed by atoms with van der Waals surface area (Å²) in [4.78, 5) is 14.1. The maximum atomic E-state index is 13.2. The van der Waals surface area contributed by atoms with Crippen molar-refractivity contribution in [3.05, 3.63) is 35.6 Å². The van der Waals surface area contributed by atoms with Crippen molar-refractivity contribution in [1.82, 2.24) is 10.2 Å². The number of rotatable bonds is 6. The van der Waals surface area contributed by atoms with Crippen molar-refractivity contribution >= 4 is 5.91 Å². The highest BCUT2D eigenvalue weighted by atomic mass is 19.1. The Morgan fingerprint density at radius 1 is 1.33 bits per heavy atom. The first kappa shape index (κ1) is 16.0. The van der Waals surface area contributed by atoms with Crippen LogP contribution in [-0.4, -0.2) is 29.9 Å². The van der Waals surface area contributed by atoms with Gasteiger partial charge in [0.2, 0.25) is 5.91 Å². The van der Waals surface area contributed by atoms with Gasteiger partial charge in [-0.15, -0.1) is 0 Å². The molecule has 0 radical (unpaired) electrons. The van der Waals surface area contributed by atoms with E-state index in [9.17, 15) is 9.18 Å². The molecule has 2 rings (SSSR count). The lowest BCUT2D eigenvalue weighted by Crippen LogP contribution is -2.42. The summed E-state index contributed by atoms with van der Waals surface area (Å²) in [6, 6.07) is 6.92. The zero-order chi connectivity index (χ0) is 15.1. The van der Waals surface area contributed by atoms with Crippen LogP contribution in [0, 0.1) is 5.82 Å². The average molecular weight is 292 g/mol. The first-order chi connectivity index (χ1) is 10.2. The maximum Gasteiger partial charge on any atom is 0.234 e. The minimum atomic E-state index is -0.227. The molecule has 0 bridgehead atoms. The maximum absolute atomic E-state index is 13.2. The van der Waals surface area contributed by atoms with Gasteiger partial charge in [0.05, 0.1) is 6.54 Å². The fraction of sp³-hybridized carbons (Fsp3) is 0.588. The third-order valence-electron chi connectivity index (χ3n) is 4.08. The van der Waals surface area contributed by atoms with Crippen molar-refractivity contribution < 1.29 is 9.18 Å². The molecule has 0 atom stereocenters. The number of nitrogens with zero attached hydrogens (tertiary/aromatic N) is 1. The molecule has 21 heavy (non-hydrogen) atoms. The molecular formula is C17H25FN2O. The molecule has 0 saturated heterocycles. The summed E-state index contributed by atoms with van der Waals surface area (Å²) in [6.45, 7) is 3.78. The molecule has 0 heterocycles. The second-order valence-electron chi connectivity index (χ2n) is 5.84. The summed E-state index contributed by atoms with van der Waals surface area (Å²) < 4.78 is 13.2. The van der Waals surface area contributed by atoms with E-state index in [0.717, 1.165) is 24.9 Å². The van der Waals surface area contributed by atoms with Gasteiger partial charge < -0.3 is 5.32 Å². The lowest BCUT2D eigenvalue weighted by molar-refractivity contribution is -0.123. The van der Waals surface area contributed by atoms with Gasteiger partial charge in [-0.25, -0.2) is 4.39 Å². The van der Waals surface area contributed by atoms with Crippen LogP contribution >= 0.6 is 0 Å². The lowest BCUT2D eigenvalue weighted by Gasteiger charge is -2.25. The van der Waals surface area contributed by atoms with Gasteiger partial charge in [-0.3, -0.25) is 9.69 Å². The van der Waals surface area contributed by atoms with E-state index in [2.05, 4.69) is 5.32 Å². The molecule has 3 nitrogen and oxygen atoms in total. The van der Waals surface area contributed by atoms with Crippen LogP contribution in [0.4, 0.5) is 4.39 Å². The van der Waals surface area contributed by atoms with E-state index >= 15 is 0 Å². The first-order valence-electron chi connectivity index (χ1n) is 7.93. The van der Waals surface area contributed by atoms with Gasteiger partial charge in [-0.05, 0) is 37.1 Å². The van der Waals surface area contributed by atoms with E-state index < -0.39 is 0 Å². The molecular weight excluding hydrogens is 267 g/mol. The predicted molar refractivity (Wildman–Crippen MR) is 82.4 cm³/mol. The van der Waals surface area contributed by atoms with Crippen LogP contribution in [0.15, 0.2) is 24.3 Å². The van der Waals surface area contributed by atoms with E-state index in [1.807, 2.05) is 17.9 Å². The van der Waals surface area contributed by atoms with Gasteiger partial charge in [-0.2, -0.15) is 0 Å². The van der Waals surface area contributed by atoms with Crippen LogP contribution in [0.1, 0.15) is 44.6 Å². The van der Waals surface area contributed by atoms with Gasteiger partial charge in [0.1, 0.15) is 5.82 Å². The minimum absolute atomic E-state index is 0.0835. The van der Waals surface area contributed by atoms with Crippen LogP contribution < -0.4 is 5.32 Å². The molecule has 1 aromatic carbocycles. The average Bonchev–Trinajstić information content (AvgIpc) is 2.47. The standard InChI is InChI=1S/C17H25FN2O/c1-2-20(12-14-7-6-8-15(18)11-14)13-17(21)19-16-9-4-3-5-10-16/h6-8,11,16H,2-5,9-10,12-13H2,1H3,(H,19,21). The monoisotopic (exact) mass is 292 g/mol. The number of hydrogen-bond donors (Lipinski definition) is 1. The second kappa shape index (κ2) is 8.13. The third-order valence-corrected chi connectivity index (χ3v) is 4.08. The molecule has 1 saturated carbocycles. The summed E-state index contributed by atoms with van der Waals surface area (Å²) in [6.07, 6.45) is 5.91. The molecule has 0 unspecified atom stereocenters. The zero-order valence-corrected chi connectivity index (χ0v) is 12.8. The molecule has 1 aliphatic carbocycles. The first-order valence-corrected chi connectivity index (χ1v) is 7.93. The Kier molecular flexibility index (Phi) is 6.18. The smallest absolute Gasteiger partial charge is 0.234 e. The largest absolute Gasteiger partial charge is 0.352 e. The van der Waals surface area contributed by atoms with Crippen molar-refractivity contribution in [3.8, 4) is 0 Å². The quantitative estimate of drug-likeness (QED) is 0.874. The van der Waals surface area contributed by atoms with Crippen molar-refractivity contribution in [2.45, 2.75) is 51.6 Å². The molecule has 1 fully saturated rings. The molecule has 1 aliphatic rings. The van der Waals surface area contributed by atoms with Crippen molar-refractivity contribution in [2.24, 2.45) is 0 Å². The number of carbonyl (C=O) groups excluding carboxylic acids is 1. The Balaban J connectivity index is 1.82. The van der Waals surface area contributed by atoms with E-state index in [-0.39, 0.29) is 11.7 Å². The van der Waals surface area contributed by atoms with Crippen LogP contribution in [0.25, 0.3) is 0 Å². The van der Waals surface area contributed by atoms with E-state index in [4.69, 9.17) is 0 Å². The summed E-state index contributed by atoms with van der Waals surface area (Å²) in [7, 11) is 0. The number of carbonyl (C=O) groups is 1. The Labute approximate surface area is 126 Å². The van der Waals surface area contributed by atoms with Crippen LogP contribution in [0.2, 0.25) is 0 Å². The van der Waals surface area contributed by atoms with Crippen molar-refractivity contribution in [2.75, 3.05) is 13.1 Å². The summed E-state index contributed by atoms with van der Waals surface area (Å²) in [5, 5.41) is 3.13. The molecule has 0 aliphatic heterocycles. The van der Waals surface area contributed by atoms with Crippen molar-refractivity contribution in [1.29, 1.82) is 0 Å². The minimum Gasteiger partial charge on any atom is -0.352 e. The zero-order valence-electron chi connectivity index (χ0n) is 12.8. The number of amides is 1. The molecule has 4 heteroatoms. The fourth-order valence-electron chi connectivity index (χ4n) is 2.90. The molecule has 116 valence electrons. The molecule has 0 aromatic heterocycles. The SMILES string of the molecule is CCN(CC(=O)NC1CCCCC1)Cc1cccc(F)c1. The number of nitrogens with one attached hydrogen (secondary N) is 1. The van der Waals surface area contributed by atoms with E-state index in [1.165, 1.54) is 31.4 Å². The Hall–Kier alpha value is -1.42. The van der Waals surface area contributed by atoms with Crippen LogP contribution in [0.5, 0.6) is 0 Å². The van der Waals surface area contributed by atoms with Gasteiger partial charge >= 0.3 is 0 Å². The van der Waals surface area contributed by atoms with Gasteiger partial charge in [-0.1, -0.05) is 38.3 Å². The van der Waals surface area contributed by atoms with E-state index in [0.29, 0.717) is 19.1 Å². The van der Waals surface area contributed by atoms with Crippen molar-refractivity contribution in [3.63, 3.8) is 0 Å². The van der Waals surface area contributed by atoms with Gasteiger partial charge in [0, 0.05) is 12.6 Å². The van der Waals surface area contributed by atoms with Gasteiger partial charge in [0.25, 0.3) is 0 Å². The van der Waals surface area contributed by atoms with Crippen LogP contribution in [0.3, 0.4) is 0 Å². The number of likely N-dealkylation sites (N-methyl/N-ethyl adjacent to an activating group) is 1. The Morgan fingerprint density at radius 2 is 2.10 bits per heavy atom. The number of benzene rings is 1. The van der Waals surface area contributed by atoms with E-state index in [1.54, 1.807) is 6.07 Å². The predicted octanol–water partition coefficient (Wildman–Crippen LogP) is 3.10. The second-order valence-corrected chi connectivity index (χ2v) is 5.84. The fourth-order valence-corrected chi connectivity index (χ4v) is 2.90. The topological polar surface area (TPSA) is 32.3 Å². The normalized spacial score (nSPS) is 16.1. The highest BCUT2D eigenvalue weighted by molar-refractivity contribution is 5.78. The molecule has 1 N–H and O–H groups in total. The molecule has 0 spiro atoms. The lowest BCUT2D eigenvalue weighted by atomic mass is 9.95. The third kappa shape index (κ3) is 5.46. The molecule has 1 aromatic rings. The van der Waals surface area contributed by atoms with Gasteiger partial charge in [0.15, 0.2) is 0 Å². The van der Waals surface area contributed by atoms with Crippen LogP contribution in [-0.2, 0) is 11.3 Å². The summed E-state index contributed by atoms with van der Waals surface area (Å²) >= 11 is 0.